The number of rotatable bonds is 3. The van der Waals surface area contributed by atoms with Gasteiger partial charge in [-0.2, -0.15) is 0 Å². The molecule has 0 saturated carbocycles. The van der Waals surface area contributed by atoms with E-state index >= 15 is 0 Å². The summed E-state index contributed by atoms with van der Waals surface area (Å²) in [4.78, 5) is 5.03. The van der Waals surface area contributed by atoms with E-state index in [4.69, 9.17) is 4.74 Å². The summed E-state index contributed by atoms with van der Waals surface area (Å²) in [7, 11) is 0. The van der Waals surface area contributed by atoms with Crippen LogP contribution in [0.25, 0.3) is 0 Å². The molecule has 2 rings (SSSR count). The quantitative estimate of drug-likeness (QED) is 0.712. The molecule has 0 aliphatic carbocycles. The average molecular weight is 213 g/mol. The van der Waals surface area contributed by atoms with Crippen molar-refractivity contribution < 1.29 is 4.74 Å². The third-order valence-electron chi connectivity index (χ3n) is 3.51. The highest BCUT2D eigenvalue weighted by molar-refractivity contribution is 4.89. The van der Waals surface area contributed by atoms with Gasteiger partial charge in [-0.3, -0.25) is 9.80 Å². The highest BCUT2D eigenvalue weighted by Gasteiger charge is 2.31. The van der Waals surface area contributed by atoms with Gasteiger partial charge in [0, 0.05) is 44.9 Å². The van der Waals surface area contributed by atoms with Crippen molar-refractivity contribution in [2.75, 3.05) is 52.6 Å². The van der Waals surface area contributed by atoms with Crippen LogP contribution in [0.3, 0.4) is 0 Å². The van der Waals surface area contributed by atoms with Crippen molar-refractivity contribution >= 4 is 0 Å². The van der Waals surface area contributed by atoms with Gasteiger partial charge in [-0.25, -0.2) is 0 Å². The van der Waals surface area contributed by atoms with E-state index < -0.39 is 0 Å². The fraction of sp³-hybridized carbons (Fsp3) is 1.00. The van der Waals surface area contributed by atoms with E-state index in [1.165, 1.54) is 13.1 Å². The van der Waals surface area contributed by atoms with E-state index in [1.807, 2.05) is 0 Å². The highest BCUT2D eigenvalue weighted by Crippen LogP contribution is 2.16. The monoisotopic (exact) mass is 213 g/mol. The summed E-state index contributed by atoms with van der Waals surface area (Å²) in [6.07, 6.45) is 0. The molecule has 0 aromatic heterocycles. The van der Waals surface area contributed by atoms with Gasteiger partial charge in [0.1, 0.15) is 0 Å². The third-order valence-corrected chi connectivity index (χ3v) is 3.51. The van der Waals surface area contributed by atoms with Crippen LogP contribution in [0, 0.1) is 0 Å². The molecule has 2 heterocycles. The Kier molecular flexibility index (Phi) is 3.61. The van der Waals surface area contributed by atoms with Crippen molar-refractivity contribution in [3.8, 4) is 0 Å². The lowest BCUT2D eigenvalue weighted by atomic mass is 10.1. The van der Waals surface area contributed by atoms with E-state index in [-0.39, 0.29) is 0 Å². The summed E-state index contributed by atoms with van der Waals surface area (Å²) in [6.45, 7) is 13.1. The van der Waals surface area contributed by atoms with Crippen molar-refractivity contribution in [1.82, 2.24) is 15.1 Å². The second-order valence-corrected chi connectivity index (χ2v) is 5.11. The molecule has 1 N–H and O–H groups in total. The van der Waals surface area contributed by atoms with Crippen molar-refractivity contribution in [3.63, 3.8) is 0 Å². The Morgan fingerprint density at radius 1 is 1.20 bits per heavy atom. The van der Waals surface area contributed by atoms with E-state index in [1.54, 1.807) is 0 Å². The third kappa shape index (κ3) is 2.91. The molecular weight excluding hydrogens is 190 g/mol. The first kappa shape index (κ1) is 11.3. The highest BCUT2D eigenvalue weighted by atomic mass is 16.5. The Labute approximate surface area is 92.6 Å². The van der Waals surface area contributed by atoms with Gasteiger partial charge < -0.3 is 10.1 Å². The predicted octanol–water partition coefficient (Wildman–Crippen LogP) is -0.0401. The maximum absolute atomic E-state index is 5.34. The van der Waals surface area contributed by atoms with Gasteiger partial charge in [-0.1, -0.05) is 0 Å². The lowest BCUT2D eigenvalue weighted by Crippen LogP contribution is -2.46. The molecular formula is C11H23N3O. The molecule has 0 radical (unpaired) electrons. The Bertz CT molecular complexity index is 202. The molecule has 2 aliphatic rings. The molecule has 2 fully saturated rings. The molecule has 0 spiro atoms. The van der Waals surface area contributed by atoms with Gasteiger partial charge >= 0.3 is 0 Å². The van der Waals surface area contributed by atoms with Crippen LogP contribution in [0.2, 0.25) is 0 Å². The van der Waals surface area contributed by atoms with Crippen LogP contribution in [0.1, 0.15) is 13.8 Å². The summed E-state index contributed by atoms with van der Waals surface area (Å²) in [5.41, 5.74) is 0.326. The van der Waals surface area contributed by atoms with Gasteiger partial charge in [0.05, 0.1) is 13.2 Å². The van der Waals surface area contributed by atoms with Gasteiger partial charge in [-0.15, -0.1) is 0 Å². The molecule has 0 aromatic rings. The number of nitrogens with zero attached hydrogens (tertiary/aromatic N) is 2. The molecule has 15 heavy (non-hydrogen) atoms. The zero-order chi connectivity index (χ0) is 10.7. The van der Waals surface area contributed by atoms with E-state index in [2.05, 4.69) is 29.0 Å². The molecule has 0 amide bonds. The number of ether oxygens (including phenoxy) is 1. The van der Waals surface area contributed by atoms with Crippen LogP contribution in [-0.4, -0.2) is 67.9 Å². The number of nitrogens with one attached hydrogen (secondary N) is 1. The molecule has 0 atom stereocenters. The fourth-order valence-corrected chi connectivity index (χ4v) is 2.29. The second-order valence-electron chi connectivity index (χ2n) is 5.11. The first-order chi connectivity index (χ1) is 7.18. The molecule has 2 aliphatic heterocycles. The molecule has 0 unspecified atom stereocenters. The van der Waals surface area contributed by atoms with Crippen LogP contribution in [-0.2, 0) is 4.74 Å². The minimum Gasteiger partial charge on any atom is -0.379 e. The number of morpholine rings is 1. The minimum absolute atomic E-state index is 0.326. The van der Waals surface area contributed by atoms with Gasteiger partial charge in [-0.05, 0) is 13.8 Å². The van der Waals surface area contributed by atoms with Gasteiger partial charge in [0.25, 0.3) is 0 Å². The summed E-state index contributed by atoms with van der Waals surface area (Å²) >= 11 is 0. The van der Waals surface area contributed by atoms with Crippen LogP contribution >= 0.6 is 0 Å². The predicted molar refractivity (Wildman–Crippen MR) is 60.9 cm³/mol. The van der Waals surface area contributed by atoms with Crippen molar-refractivity contribution in [3.05, 3.63) is 0 Å². The lowest BCUT2D eigenvalue weighted by molar-refractivity contribution is 0.0300. The Morgan fingerprint density at radius 3 is 2.53 bits per heavy atom. The molecule has 88 valence electrons. The topological polar surface area (TPSA) is 27.7 Å². The zero-order valence-corrected chi connectivity index (χ0v) is 9.96. The number of hydrogen-bond donors (Lipinski definition) is 1. The summed E-state index contributed by atoms with van der Waals surface area (Å²) < 4.78 is 5.34. The first-order valence-corrected chi connectivity index (χ1v) is 5.94. The largest absolute Gasteiger partial charge is 0.379 e. The standard InChI is InChI=1S/C11H23N3O/c1-11(2)9-12-10-14(11)4-3-13-5-7-15-8-6-13/h12H,3-10H2,1-2H3. The zero-order valence-electron chi connectivity index (χ0n) is 9.96. The van der Waals surface area contributed by atoms with E-state index in [9.17, 15) is 0 Å². The molecule has 4 heteroatoms. The maximum Gasteiger partial charge on any atom is 0.0594 e. The fourth-order valence-electron chi connectivity index (χ4n) is 2.29. The molecule has 0 aromatic carbocycles. The summed E-state index contributed by atoms with van der Waals surface area (Å²) in [5, 5.41) is 3.43. The van der Waals surface area contributed by atoms with Crippen LogP contribution < -0.4 is 5.32 Å². The average Bonchev–Trinajstić information content (AvgIpc) is 2.56. The summed E-state index contributed by atoms with van der Waals surface area (Å²) in [5.74, 6) is 0. The molecule has 0 bridgehead atoms. The van der Waals surface area contributed by atoms with Crippen molar-refractivity contribution in [2.45, 2.75) is 19.4 Å². The second kappa shape index (κ2) is 4.78. The minimum atomic E-state index is 0.326. The lowest BCUT2D eigenvalue weighted by Gasteiger charge is -2.33. The summed E-state index contributed by atoms with van der Waals surface area (Å²) in [6, 6.07) is 0. The SMILES string of the molecule is CC1(C)CNCN1CCN1CCOCC1. The number of hydrogen-bond acceptors (Lipinski definition) is 4. The Morgan fingerprint density at radius 2 is 1.93 bits per heavy atom. The maximum atomic E-state index is 5.34. The Hall–Kier alpha value is -0.160. The molecule has 2 saturated heterocycles. The van der Waals surface area contributed by atoms with Crippen LogP contribution in [0.4, 0.5) is 0 Å². The Balaban J connectivity index is 1.72. The van der Waals surface area contributed by atoms with Gasteiger partial charge in [0.15, 0.2) is 0 Å². The molecule has 4 nitrogen and oxygen atoms in total. The van der Waals surface area contributed by atoms with Crippen molar-refractivity contribution in [2.24, 2.45) is 0 Å². The van der Waals surface area contributed by atoms with Gasteiger partial charge in [0.2, 0.25) is 0 Å². The van der Waals surface area contributed by atoms with Crippen LogP contribution in [0.15, 0.2) is 0 Å². The van der Waals surface area contributed by atoms with E-state index in [0.717, 1.165) is 39.5 Å². The first-order valence-electron chi connectivity index (χ1n) is 5.94. The smallest absolute Gasteiger partial charge is 0.0594 e. The normalized spacial score (nSPS) is 28.4. The van der Waals surface area contributed by atoms with Crippen molar-refractivity contribution in [1.29, 1.82) is 0 Å². The van der Waals surface area contributed by atoms with Crippen LogP contribution in [0.5, 0.6) is 0 Å². The van der Waals surface area contributed by atoms with E-state index in [0.29, 0.717) is 5.54 Å².